The summed E-state index contributed by atoms with van der Waals surface area (Å²) in [6, 6.07) is 6.94. The fourth-order valence-corrected chi connectivity index (χ4v) is 1.76. The standard InChI is InChI=1S/C10H12F2.C7H4F4/c1-3-7(2)8-4-9(11)6-10(12)5-8;8-6-3-1-2-5(4-6)7(9,10)11/h4-7H,3H2,1-2H3;1-4H. The monoisotopic (exact) mass is 334 g/mol. The maximum atomic E-state index is 12.7. The van der Waals surface area contributed by atoms with Crippen LogP contribution >= 0.6 is 0 Å². The molecule has 2 aromatic carbocycles. The molecule has 0 saturated heterocycles. The lowest BCUT2D eigenvalue weighted by atomic mass is 9.99. The molecule has 0 radical (unpaired) electrons. The Balaban J connectivity index is 0.000000231. The van der Waals surface area contributed by atoms with Gasteiger partial charge >= 0.3 is 6.18 Å². The van der Waals surface area contributed by atoms with E-state index in [-0.39, 0.29) is 5.92 Å². The number of hydrogen-bond donors (Lipinski definition) is 0. The SMILES string of the molecule is CCC(C)c1cc(F)cc(F)c1.Fc1cccc(C(F)(F)F)c1. The molecule has 0 spiro atoms. The van der Waals surface area contributed by atoms with Gasteiger partial charge in [0.15, 0.2) is 0 Å². The molecule has 0 aliphatic heterocycles. The zero-order chi connectivity index (χ0) is 17.6. The minimum atomic E-state index is -4.46. The molecule has 0 bridgehead atoms. The first-order valence-electron chi connectivity index (χ1n) is 6.92. The third kappa shape index (κ3) is 6.34. The highest BCUT2D eigenvalue weighted by Gasteiger charge is 2.30. The number of benzene rings is 2. The molecule has 0 aromatic heterocycles. The third-order valence-corrected chi connectivity index (χ3v) is 3.22. The maximum absolute atomic E-state index is 12.7. The van der Waals surface area contributed by atoms with Gasteiger partial charge in [-0.15, -0.1) is 0 Å². The van der Waals surface area contributed by atoms with Crippen LogP contribution in [0.15, 0.2) is 42.5 Å². The van der Waals surface area contributed by atoms with Crippen LogP contribution in [0.4, 0.5) is 26.3 Å². The average molecular weight is 334 g/mol. The van der Waals surface area contributed by atoms with Crippen molar-refractivity contribution in [3.05, 3.63) is 71.0 Å². The molecule has 0 amide bonds. The molecule has 0 N–H and O–H groups in total. The maximum Gasteiger partial charge on any atom is 0.416 e. The molecule has 0 heterocycles. The zero-order valence-corrected chi connectivity index (χ0v) is 12.6. The molecule has 6 heteroatoms. The van der Waals surface area contributed by atoms with Gasteiger partial charge in [0.05, 0.1) is 5.56 Å². The van der Waals surface area contributed by atoms with Crippen LogP contribution in [-0.2, 0) is 6.18 Å². The van der Waals surface area contributed by atoms with E-state index in [2.05, 4.69) is 0 Å². The Morgan fingerprint density at radius 3 is 1.83 bits per heavy atom. The Morgan fingerprint density at radius 2 is 1.43 bits per heavy atom. The Hall–Kier alpha value is -1.98. The van der Waals surface area contributed by atoms with Crippen LogP contribution in [0.3, 0.4) is 0 Å². The van der Waals surface area contributed by atoms with E-state index in [1.165, 1.54) is 12.1 Å². The number of hydrogen-bond acceptors (Lipinski definition) is 0. The predicted molar refractivity (Wildman–Crippen MR) is 76.5 cm³/mol. The number of rotatable bonds is 2. The molecule has 126 valence electrons. The van der Waals surface area contributed by atoms with Crippen molar-refractivity contribution in [2.45, 2.75) is 32.4 Å². The average Bonchev–Trinajstić information content (AvgIpc) is 2.45. The second kappa shape index (κ2) is 8.04. The van der Waals surface area contributed by atoms with Crippen LogP contribution in [0.25, 0.3) is 0 Å². The van der Waals surface area contributed by atoms with E-state index in [0.717, 1.165) is 36.2 Å². The van der Waals surface area contributed by atoms with Crippen molar-refractivity contribution in [3.8, 4) is 0 Å². The van der Waals surface area contributed by atoms with Crippen LogP contribution in [0.2, 0.25) is 0 Å². The summed E-state index contributed by atoms with van der Waals surface area (Å²) in [6.45, 7) is 3.95. The first-order valence-corrected chi connectivity index (χ1v) is 6.92. The molecule has 0 saturated carbocycles. The molecular formula is C17H16F6. The molecule has 2 aromatic rings. The fourth-order valence-electron chi connectivity index (χ4n) is 1.76. The van der Waals surface area contributed by atoms with E-state index in [9.17, 15) is 26.3 Å². The van der Waals surface area contributed by atoms with Crippen molar-refractivity contribution in [1.29, 1.82) is 0 Å². The summed E-state index contributed by atoms with van der Waals surface area (Å²) in [5.41, 5.74) is -0.229. The number of alkyl halides is 3. The summed E-state index contributed by atoms with van der Waals surface area (Å²) in [5.74, 6) is -1.65. The Bertz CT molecular complexity index is 613. The van der Waals surface area contributed by atoms with E-state index in [1.54, 1.807) is 0 Å². The summed E-state index contributed by atoms with van der Waals surface area (Å²) in [5, 5.41) is 0. The lowest BCUT2D eigenvalue weighted by Gasteiger charge is -2.08. The third-order valence-electron chi connectivity index (χ3n) is 3.22. The summed E-state index contributed by atoms with van der Waals surface area (Å²) >= 11 is 0. The molecule has 0 nitrogen and oxygen atoms in total. The van der Waals surface area contributed by atoms with Crippen LogP contribution < -0.4 is 0 Å². The van der Waals surface area contributed by atoms with Gasteiger partial charge in [0.2, 0.25) is 0 Å². The van der Waals surface area contributed by atoms with E-state index in [1.807, 2.05) is 13.8 Å². The summed E-state index contributed by atoms with van der Waals surface area (Å²) < 4.78 is 73.0. The molecule has 1 atom stereocenters. The van der Waals surface area contributed by atoms with Gasteiger partial charge in [-0.3, -0.25) is 0 Å². The van der Waals surface area contributed by atoms with Gasteiger partial charge in [-0.2, -0.15) is 13.2 Å². The molecule has 23 heavy (non-hydrogen) atoms. The fraction of sp³-hybridized carbons (Fsp3) is 0.294. The molecule has 0 aliphatic carbocycles. The predicted octanol–water partition coefficient (Wildman–Crippen LogP) is 6.32. The highest BCUT2D eigenvalue weighted by molar-refractivity contribution is 5.21. The topological polar surface area (TPSA) is 0 Å². The molecule has 0 fully saturated rings. The molecular weight excluding hydrogens is 318 g/mol. The molecule has 2 rings (SSSR count). The highest BCUT2D eigenvalue weighted by atomic mass is 19.4. The van der Waals surface area contributed by atoms with E-state index in [4.69, 9.17) is 0 Å². The summed E-state index contributed by atoms with van der Waals surface area (Å²) in [6.07, 6.45) is -3.56. The largest absolute Gasteiger partial charge is 0.416 e. The van der Waals surface area contributed by atoms with Gasteiger partial charge < -0.3 is 0 Å². The smallest absolute Gasteiger partial charge is 0.207 e. The van der Waals surface area contributed by atoms with Crippen molar-refractivity contribution in [2.24, 2.45) is 0 Å². The first-order chi connectivity index (χ1) is 10.6. The zero-order valence-electron chi connectivity index (χ0n) is 12.6. The Kier molecular flexibility index (Phi) is 6.66. The van der Waals surface area contributed by atoms with Crippen molar-refractivity contribution in [1.82, 2.24) is 0 Å². The van der Waals surface area contributed by atoms with Gasteiger partial charge in [-0.1, -0.05) is 19.9 Å². The second-order valence-corrected chi connectivity index (χ2v) is 5.02. The summed E-state index contributed by atoms with van der Waals surface area (Å²) in [4.78, 5) is 0. The van der Waals surface area contributed by atoms with Crippen LogP contribution in [0, 0.1) is 17.5 Å². The van der Waals surface area contributed by atoms with Crippen LogP contribution in [0.5, 0.6) is 0 Å². The van der Waals surface area contributed by atoms with Gasteiger partial charge in [-0.05, 0) is 48.2 Å². The van der Waals surface area contributed by atoms with Gasteiger partial charge in [0.25, 0.3) is 0 Å². The van der Waals surface area contributed by atoms with Gasteiger partial charge in [0.1, 0.15) is 17.5 Å². The highest BCUT2D eigenvalue weighted by Crippen LogP contribution is 2.29. The minimum Gasteiger partial charge on any atom is -0.207 e. The molecule has 0 aliphatic rings. The quantitative estimate of drug-likeness (QED) is 0.564. The van der Waals surface area contributed by atoms with Crippen molar-refractivity contribution >= 4 is 0 Å². The van der Waals surface area contributed by atoms with E-state index in [0.29, 0.717) is 6.07 Å². The van der Waals surface area contributed by atoms with Gasteiger partial charge in [0, 0.05) is 6.07 Å². The Labute approximate surface area is 130 Å². The van der Waals surface area contributed by atoms with Gasteiger partial charge in [-0.25, -0.2) is 13.2 Å². The van der Waals surface area contributed by atoms with E-state index < -0.39 is 29.2 Å². The van der Waals surface area contributed by atoms with Crippen LogP contribution in [-0.4, -0.2) is 0 Å². The minimum absolute atomic E-state index is 0.218. The normalized spacial score (nSPS) is 12.3. The Morgan fingerprint density at radius 1 is 0.870 bits per heavy atom. The number of halogens is 6. The lowest BCUT2D eigenvalue weighted by Crippen LogP contribution is -2.04. The van der Waals surface area contributed by atoms with Crippen LogP contribution in [0.1, 0.15) is 37.3 Å². The van der Waals surface area contributed by atoms with E-state index >= 15 is 0 Å². The van der Waals surface area contributed by atoms with Crippen molar-refractivity contribution < 1.29 is 26.3 Å². The second-order valence-electron chi connectivity index (χ2n) is 5.02. The lowest BCUT2D eigenvalue weighted by molar-refractivity contribution is -0.137. The summed E-state index contributed by atoms with van der Waals surface area (Å²) in [7, 11) is 0. The van der Waals surface area contributed by atoms with Crippen molar-refractivity contribution in [3.63, 3.8) is 0 Å². The first kappa shape index (κ1) is 19.1. The van der Waals surface area contributed by atoms with Crippen molar-refractivity contribution in [2.75, 3.05) is 0 Å². The molecule has 1 unspecified atom stereocenters.